The second-order valence-corrected chi connectivity index (χ2v) is 6.59. The molecule has 2 aromatic rings. The molecule has 0 spiro atoms. The van der Waals surface area contributed by atoms with Gasteiger partial charge >= 0.3 is 6.03 Å². The van der Waals surface area contributed by atoms with Crippen LogP contribution < -0.4 is 10.1 Å². The summed E-state index contributed by atoms with van der Waals surface area (Å²) in [7, 11) is 0. The lowest BCUT2D eigenvalue weighted by Crippen LogP contribution is -2.41. The number of ether oxygens (including phenoxy) is 1. The summed E-state index contributed by atoms with van der Waals surface area (Å²) < 4.78 is 5.56. The molecule has 1 aliphatic rings. The summed E-state index contributed by atoms with van der Waals surface area (Å²) >= 11 is 12.2. The molecule has 5 nitrogen and oxygen atoms in total. The van der Waals surface area contributed by atoms with E-state index >= 15 is 0 Å². The van der Waals surface area contributed by atoms with Gasteiger partial charge in [0.2, 0.25) is 0 Å². The fraction of sp³-hybridized carbons (Fsp3) is 0.222. The van der Waals surface area contributed by atoms with Crippen molar-refractivity contribution in [2.24, 2.45) is 0 Å². The molecule has 130 valence electrons. The molecule has 0 radical (unpaired) electrons. The molecular formula is C18H16Cl2N2O3. The number of benzene rings is 2. The summed E-state index contributed by atoms with van der Waals surface area (Å²) in [5, 5.41) is 3.62. The molecule has 3 amide bonds. The van der Waals surface area contributed by atoms with Gasteiger partial charge in [0.15, 0.2) is 0 Å². The highest BCUT2D eigenvalue weighted by atomic mass is 35.5. The Bertz CT molecular complexity index is 827. The minimum Gasteiger partial charge on any atom is -0.490 e. The third-order valence-corrected chi connectivity index (χ3v) is 4.74. The lowest BCUT2D eigenvalue weighted by atomic mass is 9.92. The van der Waals surface area contributed by atoms with E-state index in [9.17, 15) is 9.59 Å². The number of amides is 3. The smallest absolute Gasteiger partial charge is 0.325 e. The first-order valence-electron chi connectivity index (χ1n) is 7.70. The average molecular weight is 379 g/mol. The van der Waals surface area contributed by atoms with E-state index in [1.165, 1.54) is 0 Å². The second-order valence-electron chi connectivity index (χ2n) is 5.77. The summed E-state index contributed by atoms with van der Waals surface area (Å²) in [5.41, 5.74) is -0.635. The normalized spacial score (nSPS) is 19.9. The Morgan fingerprint density at radius 3 is 2.36 bits per heavy atom. The van der Waals surface area contributed by atoms with Crippen LogP contribution in [-0.4, -0.2) is 30.0 Å². The van der Waals surface area contributed by atoms with Gasteiger partial charge in [0.1, 0.15) is 17.9 Å². The molecule has 1 heterocycles. The minimum atomic E-state index is -1.19. The van der Waals surface area contributed by atoms with Crippen molar-refractivity contribution in [2.45, 2.75) is 12.5 Å². The number of imide groups is 1. The van der Waals surface area contributed by atoms with Crippen LogP contribution in [0.5, 0.6) is 5.75 Å². The monoisotopic (exact) mass is 378 g/mol. The van der Waals surface area contributed by atoms with Gasteiger partial charge in [-0.15, -0.1) is 0 Å². The maximum atomic E-state index is 12.8. The van der Waals surface area contributed by atoms with Crippen LogP contribution in [-0.2, 0) is 10.3 Å². The Kier molecular flexibility index (Phi) is 4.88. The van der Waals surface area contributed by atoms with Crippen molar-refractivity contribution in [1.82, 2.24) is 10.2 Å². The predicted molar refractivity (Wildman–Crippen MR) is 96.0 cm³/mol. The van der Waals surface area contributed by atoms with Crippen LogP contribution >= 0.6 is 23.2 Å². The number of hydrogen-bond acceptors (Lipinski definition) is 3. The van der Waals surface area contributed by atoms with Gasteiger partial charge in [0.05, 0.1) is 11.6 Å². The Morgan fingerprint density at radius 2 is 1.68 bits per heavy atom. The summed E-state index contributed by atoms with van der Waals surface area (Å²) in [6.45, 7) is 1.89. The molecule has 1 aliphatic heterocycles. The SMILES string of the molecule is C[C@]1(c2ccccc2Cl)NC(=O)N(CCOc2ccccc2Cl)C1=O. The maximum absolute atomic E-state index is 12.8. The van der Waals surface area contributed by atoms with Crippen molar-refractivity contribution in [3.8, 4) is 5.75 Å². The zero-order valence-corrected chi connectivity index (χ0v) is 15.0. The van der Waals surface area contributed by atoms with Gasteiger partial charge < -0.3 is 10.1 Å². The van der Waals surface area contributed by atoms with Gasteiger partial charge in [-0.25, -0.2) is 4.79 Å². The first-order valence-corrected chi connectivity index (χ1v) is 8.45. The molecule has 7 heteroatoms. The van der Waals surface area contributed by atoms with Crippen molar-refractivity contribution >= 4 is 35.1 Å². The van der Waals surface area contributed by atoms with Crippen molar-refractivity contribution in [3.05, 3.63) is 64.1 Å². The van der Waals surface area contributed by atoms with E-state index in [0.717, 1.165) is 4.90 Å². The number of para-hydroxylation sites is 1. The predicted octanol–water partition coefficient (Wildman–Crippen LogP) is 3.84. The Morgan fingerprint density at radius 1 is 1.04 bits per heavy atom. The number of halogens is 2. The molecular weight excluding hydrogens is 363 g/mol. The minimum absolute atomic E-state index is 0.107. The van der Waals surface area contributed by atoms with Crippen LogP contribution in [0.2, 0.25) is 10.0 Å². The zero-order chi connectivity index (χ0) is 18.0. The molecule has 0 bridgehead atoms. The molecule has 3 rings (SSSR count). The van der Waals surface area contributed by atoms with Crippen LogP contribution in [0.15, 0.2) is 48.5 Å². The zero-order valence-electron chi connectivity index (χ0n) is 13.5. The number of nitrogens with one attached hydrogen (secondary N) is 1. The van der Waals surface area contributed by atoms with E-state index in [1.807, 2.05) is 0 Å². The number of nitrogens with zero attached hydrogens (tertiary/aromatic N) is 1. The molecule has 1 N–H and O–H groups in total. The topological polar surface area (TPSA) is 58.6 Å². The first-order chi connectivity index (χ1) is 11.9. The van der Waals surface area contributed by atoms with Crippen LogP contribution in [0.3, 0.4) is 0 Å². The fourth-order valence-corrected chi connectivity index (χ4v) is 3.27. The highest BCUT2D eigenvalue weighted by Gasteiger charge is 2.49. The van der Waals surface area contributed by atoms with Gasteiger partial charge in [0.25, 0.3) is 5.91 Å². The fourth-order valence-electron chi connectivity index (χ4n) is 2.76. The number of carbonyl (C=O) groups is 2. The van der Waals surface area contributed by atoms with E-state index in [0.29, 0.717) is 21.4 Å². The van der Waals surface area contributed by atoms with E-state index in [1.54, 1.807) is 55.5 Å². The van der Waals surface area contributed by atoms with Crippen molar-refractivity contribution in [2.75, 3.05) is 13.2 Å². The Balaban J connectivity index is 1.72. The van der Waals surface area contributed by atoms with Crippen LogP contribution in [0.1, 0.15) is 12.5 Å². The molecule has 0 aliphatic carbocycles. The van der Waals surface area contributed by atoms with E-state index in [2.05, 4.69) is 5.32 Å². The van der Waals surface area contributed by atoms with Crippen LogP contribution in [0.25, 0.3) is 0 Å². The second kappa shape index (κ2) is 6.94. The number of hydrogen-bond donors (Lipinski definition) is 1. The van der Waals surface area contributed by atoms with Gasteiger partial charge in [0, 0.05) is 10.6 Å². The largest absolute Gasteiger partial charge is 0.490 e. The third kappa shape index (κ3) is 3.30. The summed E-state index contributed by atoms with van der Waals surface area (Å²) in [5.74, 6) is 0.137. The maximum Gasteiger partial charge on any atom is 0.325 e. The number of rotatable bonds is 5. The number of urea groups is 1. The molecule has 1 atom stereocenters. The van der Waals surface area contributed by atoms with E-state index in [-0.39, 0.29) is 19.1 Å². The van der Waals surface area contributed by atoms with Crippen LogP contribution in [0, 0.1) is 0 Å². The molecule has 0 aromatic heterocycles. The molecule has 2 aromatic carbocycles. The standard InChI is InChI=1S/C18H16Cl2N2O3/c1-18(12-6-2-3-7-13(12)19)16(23)22(17(24)21-18)10-11-25-15-9-5-4-8-14(15)20/h2-9H,10-11H2,1H3,(H,21,24)/t18-/m1/s1. The van der Waals surface area contributed by atoms with Crippen LogP contribution in [0.4, 0.5) is 4.79 Å². The van der Waals surface area contributed by atoms with Crippen molar-refractivity contribution < 1.29 is 14.3 Å². The summed E-state index contributed by atoms with van der Waals surface area (Å²) in [6, 6.07) is 13.5. The molecule has 0 saturated carbocycles. The van der Waals surface area contributed by atoms with Gasteiger partial charge in [-0.1, -0.05) is 53.5 Å². The quantitative estimate of drug-likeness (QED) is 0.804. The first kappa shape index (κ1) is 17.6. The lowest BCUT2D eigenvalue weighted by Gasteiger charge is -2.23. The van der Waals surface area contributed by atoms with Crippen molar-refractivity contribution in [3.63, 3.8) is 0 Å². The highest BCUT2D eigenvalue weighted by Crippen LogP contribution is 2.33. The lowest BCUT2D eigenvalue weighted by molar-refractivity contribution is -0.131. The Hall–Kier alpha value is -2.24. The molecule has 1 saturated heterocycles. The van der Waals surface area contributed by atoms with Gasteiger partial charge in [-0.2, -0.15) is 0 Å². The third-order valence-electron chi connectivity index (χ3n) is 4.10. The number of carbonyl (C=O) groups excluding carboxylic acids is 2. The molecule has 1 fully saturated rings. The summed E-state index contributed by atoms with van der Waals surface area (Å²) in [4.78, 5) is 26.2. The van der Waals surface area contributed by atoms with E-state index < -0.39 is 11.6 Å². The Labute approximate surface area is 155 Å². The van der Waals surface area contributed by atoms with Crippen molar-refractivity contribution in [1.29, 1.82) is 0 Å². The average Bonchev–Trinajstić information content (AvgIpc) is 2.80. The molecule has 25 heavy (non-hydrogen) atoms. The van der Waals surface area contributed by atoms with Gasteiger partial charge in [-0.05, 0) is 25.1 Å². The highest BCUT2D eigenvalue weighted by molar-refractivity contribution is 6.32. The van der Waals surface area contributed by atoms with E-state index in [4.69, 9.17) is 27.9 Å². The summed E-state index contributed by atoms with van der Waals surface area (Å²) in [6.07, 6.45) is 0. The van der Waals surface area contributed by atoms with Gasteiger partial charge in [-0.3, -0.25) is 9.69 Å². The molecule has 0 unspecified atom stereocenters.